The van der Waals surface area contributed by atoms with Crippen molar-refractivity contribution in [1.82, 2.24) is 0 Å². The molecule has 0 spiro atoms. The van der Waals surface area contributed by atoms with E-state index < -0.39 is 28.3 Å². The summed E-state index contributed by atoms with van der Waals surface area (Å²) in [4.78, 5) is 22.2. The summed E-state index contributed by atoms with van der Waals surface area (Å²) in [5.41, 5.74) is -1.71. The lowest BCUT2D eigenvalue weighted by Crippen LogP contribution is -2.08. The third-order valence-electron chi connectivity index (χ3n) is 3.36. The third kappa shape index (κ3) is 4.07. The van der Waals surface area contributed by atoms with E-state index in [1.165, 1.54) is 18.2 Å². The first kappa shape index (κ1) is 20.4. The summed E-state index contributed by atoms with van der Waals surface area (Å²) in [6.45, 7) is 1.73. The number of nitro groups is 1. The predicted octanol–water partition coefficient (Wildman–Crippen LogP) is 5.98. The maximum atomic E-state index is 13.1. The van der Waals surface area contributed by atoms with Gasteiger partial charge in [-0.05, 0) is 56.5 Å². The Kier molecular flexibility index (Phi) is 6.07. The molecule has 0 aliphatic rings. The van der Waals surface area contributed by atoms with Crippen LogP contribution in [0.4, 0.5) is 18.9 Å². The number of hydrogen-bond donors (Lipinski definition) is 0. The van der Waals surface area contributed by atoms with Gasteiger partial charge >= 0.3 is 12.1 Å². The molecule has 0 bridgehead atoms. The summed E-state index contributed by atoms with van der Waals surface area (Å²) >= 11 is 6.19. The molecule has 26 heavy (non-hydrogen) atoms. The molecule has 2 aromatic carbocycles. The van der Waals surface area contributed by atoms with Gasteiger partial charge in [0.05, 0.1) is 22.7 Å². The van der Waals surface area contributed by atoms with Gasteiger partial charge in [-0.3, -0.25) is 10.1 Å². The third-order valence-corrected chi connectivity index (χ3v) is 5.05. The van der Waals surface area contributed by atoms with E-state index in [4.69, 9.17) is 4.74 Å². The number of hydrogen-bond acceptors (Lipinski definition) is 4. The second-order valence-corrected chi connectivity index (χ2v) is 6.59. The first-order valence-corrected chi connectivity index (χ1v) is 8.67. The van der Waals surface area contributed by atoms with Gasteiger partial charge in [-0.1, -0.05) is 12.1 Å². The SMILES string of the molecule is CCOC(=O)c1cccc(-c2cc(C(F)(F)F)cc([N+](=O)[O-])c2Br)c1Br. The number of ether oxygens (including phenoxy) is 1. The van der Waals surface area contributed by atoms with Gasteiger partial charge < -0.3 is 4.74 Å². The number of nitrogens with zero attached hydrogens (tertiary/aromatic N) is 1. The Morgan fingerprint density at radius 1 is 1.19 bits per heavy atom. The van der Waals surface area contributed by atoms with Gasteiger partial charge in [0, 0.05) is 16.1 Å². The topological polar surface area (TPSA) is 69.4 Å². The Morgan fingerprint density at radius 3 is 2.38 bits per heavy atom. The van der Waals surface area contributed by atoms with Crippen LogP contribution in [0.5, 0.6) is 0 Å². The Labute approximate surface area is 162 Å². The van der Waals surface area contributed by atoms with E-state index in [1.807, 2.05) is 0 Å². The minimum absolute atomic E-state index is 0.0791. The molecule has 0 unspecified atom stereocenters. The number of nitro benzene ring substituents is 1. The first-order valence-electron chi connectivity index (χ1n) is 7.09. The molecule has 10 heteroatoms. The molecule has 2 rings (SSSR count). The fourth-order valence-electron chi connectivity index (χ4n) is 2.21. The van der Waals surface area contributed by atoms with Crippen molar-refractivity contribution in [2.24, 2.45) is 0 Å². The normalized spacial score (nSPS) is 11.3. The number of esters is 1. The largest absolute Gasteiger partial charge is 0.462 e. The van der Waals surface area contributed by atoms with Crippen molar-refractivity contribution in [1.29, 1.82) is 0 Å². The van der Waals surface area contributed by atoms with E-state index in [0.29, 0.717) is 6.07 Å². The molecule has 0 aromatic heterocycles. The summed E-state index contributed by atoms with van der Waals surface area (Å²) in [5, 5.41) is 11.2. The minimum atomic E-state index is -4.77. The van der Waals surface area contributed by atoms with Crippen LogP contribution >= 0.6 is 31.9 Å². The number of carbonyl (C=O) groups excluding carboxylic acids is 1. The molecular weight excluding hydrogens is 487 g/mol. The van der Waals surface area contributed by atoms with Crippen LogP contribution in [-0.4, -0.2) is 17.5 Å². The summed E-state index contributed by atoms with van der Waals surface area (Å²) in [5.74, 6) is -0.668. The van der Waals surface area contributed by atoms with Crippen LogP contribution in [0.15, 0.2) is 39.3 Å². The van der Waals surface area contributed by atoms with Crippen molar-refractivity contribution in [3.05, 3.63) is 60.5 Å². The lowest BCUT2D eigenvalue weighted by Gasteiger charge is -2.14. The van der Waals surface area contributed by atoms with E-state index in [-0.39, 0.29) is 32.2 Å². The Bertz CT molecular complexity index is 885. The molecule has 5 nitrogen and oxygen atoms in total. The van der Waals surface area contributed by atoms with Crippen molar-refractivity contribution in [3.63, 3.8) is 0 Å². The van der Waals surface area contributed by atoms with Gasteiger partial charge in [-0.15, -0.1) is 0 Å². The summed E-state index contributed by atoms with van der Waals surface area (Å²) in [7, 11) is 0. The maximum absolute atomic E-state index is 13.1. The molecular formula is C16H10Br2F3NO4. The average Bonchev–Trinajstić information content (AvgIpc) is 2.54. The zero-order valence-electron chi connectivity index (χ0n) is 13.1. The lowest BCUT2D eigenvalue weighted by molar-refractivity contribution is -0.385. The lowest BCUT2D eigenvalue weighted by atomic mass is 10.00. The number of halogens is 5. The highest BCUT2D eigenvalue weighted by Gasteiger charge is 2.35. The molecule has 0 heterocycles. The molecule has 0 aliphatic carbocycles. The van der Waals surface area contributed by atoms with Crippen LogP contribution in [0.25, 0.3) is 11.1 Å². The highest BCUT2D eigenvalue weighted by Crippen LogP contribution is 2.43. The summed E-state index contributed by atoms with van der Waals surface area (Å²) in [6.07, 6.45) is -4.77. The Morgan fingerprint density at radius 2 is 1.85 bits per heavy atom. The van der Waals surface area contributed by atoms with E-state index in [9.17, 15) is 28.1 Å². The van der Waals surface area contributed by atoms with E-state index in [1.54, 1.807) is 6.92 Å². The van der Waals surface area contributed by atoms with Crippen molar-refractivity contribution in [2.75, 3.05) is 6.61 Å². The molecule has 0 amide bonds. The highest BCUT2D eigenvalue weighted by atomic mass is 79.9. The zero-order chi connectivity index (χ0) is 19.6. The van der Waals surface area contributed by atoms with Gasteiger partial charge in [0.25, 0.3) is 5.69 Å². The number of benzene rings is 2. The van der Waals surface area contributed by atoms with Crippen LogP contribution in [-0.2, 0) is 10.9 Å². The number of alkyl halides is 3. The Balaban J connectivity index is 2.76. The number of rotatable bonds is 4. The fraction of sp³-hybridized carbons (Fsp3) is 0.188. The van der Waals surface area contributed by atoms with Gasteiger partial charge in [-0.25, -0.2) is 4.79 Å². The van der Waals surface area contributed by atoms with Gasteiger partial charge in [-0.2, -0.15) is 13.2 Å². The van der Waals surface area contributed by atoms with Crippen molar-refractivity contribution < 1.29 is 27.6 Å². The molecule has 0 radical (unpaired) electrons. The minimum Gasteiger partial charge on any atom is -0.462 e. The molecule has 2 aromatic rings. The van der Waals surface area contributed by atoms with Gasteiger partial charge in [0.1, 0.15) is 4.47 Å². The second-order valence-electron chi connectivity index (χ2n) is 5.00. The quantitative estimate of drug-likeness (QED) is 0.296. The van der Waals surface area contributed by atoms with Crippen LogP contribution in [0.1, 0.15) is 22.8 Å². The van der Waals surface area contributed by atoms with Gasteiger partial charge in [0.15, 0.2) is 0 Å². The maximum Gasteiger partial charge on any atom is 0.416 e. The monoisotopic (exact) mass is 495 g/mol. The highest BCUT2D eigenvalue weighted by molar-refractivity contribution is 9.11. The zero-order valence-corrected chi connectivity index (χ0v) is 16.2. The van der Waals surface area contributed by atoms with Crippen molar-refractivity contribution >= 4 is 43.5 Å². The number of carbonyl (C=O) groups is 1. The van der Waals surface area contributed by atoms with Crippen molar-refractivity contribution in [2.45, 2.75) is 13.1 Å². The van der Waals surface area contributed by atoms with Gasteiger partial charge in [0.2, 0.25) is 0 Å². The van der Waals surface area contributed by atoms with E-state index in [2.05, 4.69) is 31.9 Å². The van der Waals surface area contributed by atoms with E-state index in [0.717, 1.165) is 6.07 Å². The van der Waals surface area contributed by atoms with Crippen LogP contribution in [0.2, 0.25) is 0 Å². The molecule has 0 aliphatic heterocycles. The molecule has 0 N–H and O–H groups in total. The van der Waals surface area contributed by atoms with Crippen LogP contribution in [0, 0.1) is 10.1 Å². The second kappa shape index (κ2) is 7.75. The first-order chi connectivity index (χ1) is 12.1. The Hall–Kier alpha value is -1.94. The smallest absolute Gasteiger partial charge is 0.416 e. The molecule has 0 fully saturated rings. The predicted molar refractivity (Wildman–Crippen MR) is 94.9 cm³/mol. The van der Waals surface area contributed by atoms with Crippen LogP contribution < -0.4 is 0 Å². The van der Waals surface area contributed by atoms with E-state index >= 15 is 0 Å². The standard InChI is InChI=1S/C16H10Br2F3NO4/c1-2-26-15(23)10-5-3-4-9(13(10)17)11-6-8(16(19,20)21)7-12(14(11)18)22(24)25/h3-7H,2H2,1H3. The summed E-state index contributed by atoms with van der Waals surface area (Å²) in [6, 6.07) is 5.56. The molecule has 138 valence electrons. The molecule has 0 atom stereocenters. The van der Waals surface area contributed by atoms with Crippen molar-refractivity contribution in [3.8, 4) is 11.1 Å². The summed E-state index contributed by atoms with van der Waals surface area (Å²) < 4.78 is 44.4. The molecule has 0 saturated carbocycles. The molecule has 0 saturated heterocycles. The average molecular weight is 497 g/mol. The fourth-order valence-corrected chi connectivity index (χ4v) is 3.44. The van der Waals surface area contributed by atoms with Crippen LogP contribution in [0.3, 0.4) is 0 Å².